The lowest BCUT2D eigenvalue weighted by Gasteiger charge is -2.08. The normalized spacial score (nSPS) is 11.4. The van der Waals surface area contributed by atoms with Gasteiger partial charge in [-0.15, -0.1) is 11.3 Å². The highest BCUT2D eigenvalue weighted by atomic mass is 32.2. The van der Waals surface area contributed by atoms with Gasteiger partial charge in [-0.25, -0.2) is 13.1 Å². The maximum Gasteiger partial charge on any atom is 0.240 e. The maximum atomic E-state index is 12.4. The molecule has 2 heterocycles. The second-order valence-corrected chi connectivity index (χ2v) is 9.47. The molecule has 0 atom stereocenters. The minimum absolute atomic E-state index is 0.0435. The number of thiophene rings is 2. The largest absolute Gasteiger partial charge is 0.494 e. The van der Waals surface area contributed by atoms with Gasteiger partial charge < -0.3 is 4.74 Å². The summed E-state index contributed by atoms with van der Waals surface area (Å²) in [5.41, 5.74) is 0.652. The van der Waals surface area contributed by atoms with Crippen molar-refractivity contribution in [1.82, 2.24) is 4.72 Å². The zero-order valence-corrected chi connectivity index (χ0v) is 17.1. The van der Waals surface area contributed by atoms with E-state index in [2.05, 4.69) is 4.72 Å². The highest BCUT2D eigenvalue weighted by molar-refractivity contribution is 7.89. The van der Waals surface area contributed by atoms with Crippen molar-refractivity contribution in [2.45, 2.75) is 24.8 Å². The van der Waals surface area contributed by atoms with Crippen molar-refractivity contribution in [3.8, 4) is 5.75 Å². The summed E-state index contributed by atoms with van der Waals surface area (Å²) < 4.78 is 32.9. The van der Waals surface area contributed by atoms with Crippen LogP contribution in [0, 0.1) is 0 Å². The number of sulfonamides is 1. The van der Waals surface area contributed by atoms with Gasteiger partial charge in [-0.1, -0.05) is 6.92 Å². The number of carbonyl (C=O) groups excluding carboxylic acids is 1. The number of ketones is 1. The Hall–Kier alpha value is -2.00. The number of rotatable bonds is 9. The summed E-state index contributed by atoms with van der Waals surface area (Å²) in [6.45, 7) is 2.74. The highest BCUT2D eigenvalue weighted by Crippen LogP contribution is 2.22. The van der Waals surface area contributed by atoms with Crippen molar-refractivity contribution in [1.29, 1.82) is 0 Å². The van der Waals surface area contributed by atoms with Crippen molar-refractivity contribution in [2.75, 3.05) is 6.61 Å². The minimum Gasteiger partial charge on any atom is -0.494 e. The lowest BCUT2D eigenvalue weighted by Crippen LogP contribution is -2.22. The van der Waals surface area contributed by atoms with Crippen LogP contribution in [0.2, 0.25) is 0 Å². The second kappa shape index (κ2) is 8.79. The van der Waals surface area contributed by atoms with E-state index in [0.717, 1.165) is 11.3 Å². The summed E-state index contributed by atoms with van der Waals surface area (Å²) in [6.07, 6.45) is 0.888. The average Bonchev–Trinajstić information content (AvgIpc) is 3.36. The van der Waals surface area contributed by atoms with Crippen LogP contribution in [0.25, 0.3) is 0 Å². The first-order valence-electron chi connectivity index (χ1n) is 8.38. The van der Waals surface area contributed by atoms with Gasteiger partial charge in [0.1, 0.15) is 5.75 Å². The van der Waals surface area contributed by atoms with Gasteiger partial charge in [-0.3, -0.25) is 4.79 Å². The third-order valence-electron chi connectivity index (χ3n) is 3.71. The molecule has 2 aromatic heterocycles. The Morgan fingerprint density at radius 1 is 1.11 bits per heavy atom. The molecule has 0 radical (unpaired) electrons. The van der Waals surface area contributed by atoms with E-state index in [4.69, 9.17) is 4.74 Å². The van der Waals surface area contributed by atoms with Gasteiger partial charge >= 0.3 is 0 Å². The van der Waals surface area contributed by atoms with Crippen LogP contribution < -0.4 is 9.46 Å². The van der Waals surface area contributed by atoms with Gasteiger partial charge in [0.25, 0.3) is 0 Å². The van der Waals surface area contributed by atoms with Gasteiger partial charge in [0, 0.05) is 22.4 Å². The molecule has 1 N–H and O–H groups in total. The Labute approximate surface area is 166 Å². The van der Waals surface area contributed by atoms with Crippen LogP contribution in [-0.4, -0.2) is 20.8 Å². The van der Waals surface area contributed by atoms with Gasteiger partial charge in [-0.2, -0.15) is 11.3 Å². The molecule has 0 unspecified atom stereocenters. The number of benzene rings is 1. The summed E-state index contributed by atoms with van der Waals surface area (Å²) in [5.74, 6) is 0.601. The molecular weight excluding hydrogens is 402 g/mol. The predicted octanol–water partition coefficient (Wildman–Crippen LogP) is 4.31. The Bertz CT molecular complexity index is 990. The van der Waals surface area contributed by atoms with E-state index < -0.39 is 10.0 Å². The third kappa shape index (κ3) is 5.04. The molecule has 0 aliphatic rings. The Kier molecular flexibility index (Phi) is 6.43. The molecule has 3 rings (SSSR count). The standard InChI is InChI=1S/C19H19NO4S3/c1-2-10-24-15-3-6-17(7-4-15)27(22,23)20-12-16-5-8-18(26-16)19(21)14-9-11-25-13-14/h3-9,11,13,20H,2,10,12H2,1H3. The van der Waals surface area contributed by atoms with Crippen LogP contribution in [0.1, 0.15) is 33.5 Å². The summed E-state index contributed by atoms with van der Waals surface area (Å²) in [5, 5.41) is 3.66. The fraction of sp³-hybridized carbons (Fsp3) is 0.211. The monoisotopic (exact) mass is 421 g/mol. The molecule has 5 nitrogen and oxygen atoms in total. The van der Waals surface area contributed by atoms with Crippen molar-refractivity contribution in [2.24, 2.45) is 0 Å². The highest BCUT2D eigenvalue weighted by Gasteiger charge is 2.16. The molecule has 27 heavy (non-hydrogen) atoms. The van der Waals surface area contributed by atoms with Crippen molar-refractivity contribution < 1.29 is 17.9 Å². The van der Waals surface area contributed by atoms with E-state index in [1.165, 1.54) is 34.8 Å². The first-order chi connectivity index (χ1) is 13.0. The van der Waals surface area contributed by atoms with Crippen LogP contribution >= 0.6 is 22.7 Å². The smallest absolute Gasteiger partial charge is 0.240 e. The molecule has 0 aliphatic carbocycles. The van der Waals surface area contributed by atoms with Gasteiger partial charge in [0.05, 0.1) is 16.4 Å². The minimum atomic E-state index is -3.63. The fourth-order valence-electron chi connectivity index (χ4n) is 2.32. The lowest BCUT2D eigenvalue weighted by atomic mass is 10.2. The summed E-state index contributed by atoms with van der Waals surface area (Å²) >= 11 is 2.76. The number of ether oxygens (including phenoxy) is 1. The van der Waals surface area contributed by atoms with Crippen LogP contribution in [0.3, 0.4) is 0 Å². The van der Waals surface area contributed by atoms with Crippen molar-refractivity contribution in [3.63, 3.8) is 0 Å². The van der Waals surface area contributed by atoms with E-state index in [9.17, 15) is 13.2 Å². The molecular formula is C19H19NO4S3. The Morgan fingerprint density at radius 3 is 2.56 bits per heavy atom. The lowest BCUT2D eigenvalue weighted by molar-refractivity contribution is 0.104. The van der Waals surface area contributed by atoms with Crippen molar-refractivity contribution in [3.05, 3.63) is 68.5 Å². The van der Waals surface area contributed by atoms with E-state index in [0.29, 0.717) is 22.8 Å². The van der Waals surface area contributed by atoms with E-state index in [-0.39, 0.29) is 17.2 Å². The SMILES string of the molecule is CCCOc1ccc(S(=O)(=O)NCc2ccc(C(=O)c3ccsc3)s2)cc1. The molecule has 0 saturated heterocycles. The van der Waals surface area contributed by atoms with Crippen molar-refractivity contribution >= 4 is 38.5 Å². The summed E-state index contributed by atoms with van der Waals surface area (Å²) in [6, 6.07) is 11.6. The number of nitrogens with one attached hydrogen (secondary N) is 1. The summed E-state index contributed by atoms with van der Waals surface area (Å²) in [4.78, 5) is 13.9. The molecule has 0 fully saturated rings. The molecule has 0 spiro atoms. The van der Waals surface area contributed by atoms with Crippen LogP contribution in [-0.2, 0) is 16.6 Å². The van der Waals surface area contributed by atoms with E-state index >= 15 is 0 Å². The number of hydrogen-bond acceptors (Lipinski definition) is 6. The first kappa shape index (κ1) is 19.8. The van der Waals surface area contributed by atoms with Crippen LogP contribution in [0.4, 0.5) is 0 Å². The molecule has 0 saturated carbocycles. The Morgan fingerprint density at radius 2 is 1.89 bits per heavy atom. The molecule has 1 aromatic carbocycles. The first-order valence-corrected chi connectivity index (χ1v) is 11.6. The predicted molar refractivity (Wildman–Crippen MR) is 108 cm³/mol. The van der Waals surface area contributed by atoms with E-state index in [1.807, 2.05) is 12.3 Å². The third-order valence-corrected chi connectivity index (χ3v) is 6.90. The van der Waals surface area contributed by atoms with Crippen LogP contribution in [0.5, 0.6) is 5.75 Å². The topological polar surface area (TPSA) is 72.5 Å². The molecule has 0 amide bonds. The fourth-order valence-corrected chi connectivity index (χ4v) is 4.96. The maximum absolute atomic E-state index is 12.4. The summed E-state index contributed by atoms with van der Waals surface area (Å²) in [7, 11) is -3.63. The van der Waals surface area contributed by atoms with E-state index in [1.54, 1.807) is 35.7 Å². The molecule has 3 aromatic rings. The second-order valence-electron chi connectivity index (χ2n) is 5.75. The molecule has 8 heteroatoms. The van der Waals surface area contributed by atoms with Gasteiger partial charge in [0.15, 0.2) is 0 Å². The molecule has 142 valence electrons. The zero-order valence-electron chi connectivity index (χ0n) is 14.7. The van der Waals surface area contributed by atoms with Crippen LogP contribution in [0.15, 0.2) is 58.1 Å². The number of carbonyl (C=O) groups is 1. The van der Waals surface area contributed by atoms with Gasteiger partial charge in [-0.05, 0) is 54.3 Å². The molecule has 0 aliphatic heterocycles. The average molecular weight is 422 g/mol. The quantitative estimate of drug-likeness (QED) is 0.523. The number of hydrogen-bond donors (Lipinski definition) is 1. The van der Waals surface area contributed by atoms with Gasteiger partial charge in [0.2, 0.25) is 15.8 Å². The molecule has 0 bridgehead atoms. The Balaban J connectivity index is 1.63. The zero-order chi connectivity index (χ0) is 19.3.